The van der Waals surface area contributed by atoms with Gasteiger partial charge in [-0.2, -0.15) is 0 Å². The van der Waals surface area contributed by atoms with Crippen LogP contribution >= 0.6 is 0 Å². The fraction of sp³-hybridized carbons (Fsp3) is 0.333. The van der Waals surface area contributed by atoms with Crippen molar-refractivity contribution in [3.8, 4) is 11.1 Å². The quantitative estimate of drug-likeness (QED) is 0.775. The molecule has 0 amide bonds. The molecule has 5 nitrogen and oxygen atoms in total. The molecule has 2 N–H and O–H groups in total. The molecule has 0 bridgehead atoms. The number of nitrogens with two attached hydrogens (primary N) is 1. The summed E-state index contributed by atoms with van der Waals surface area (Å²) < 4.78 is 2.12. The van der Waals surface area contributed by atoms with E-state index in [9.17, 15) is 0 Å². The van der Waals surface area contributed by atoms with Crippen LogP contribution in [0.2, 0.25) is 0 Å². The summed E-state index contributed by atoms with van der Waals surface area (Å²) in [6.07, 6.45) is 10.5. The zero-order valence-electron chi connectivity index (χ0n) is 15.3. The predicted molar refractivity (Wildman–Crippen MR) is 107 cm³/mol. The second-order valence-corrected chi connectivity index (χ2v) is 6.90. The van der Waals surface area contributed by atoms with Crippen LogP contribution in [0.25, 0.3) is 22.5 Å². The Bertz CT molecular complexity index is 950. The van der Waals surface area contributed by atoms with Gasteiger partial charge >= 0.3 is 0 Å². The van der Waals surface area contributed by atoms with E-state index in [0.29, 0.717) is 0 Å². The van der Waals surface area contributed by atoms with Gasteiger partial charge in [-0.3, -0.25) is 9.38 Å². The van der Waals surface area contributed by atoms with Crippen molar-refractivity contribution >= 4 is 17.0 Å². The van der Waals surface area contributed by atoms with Gasteiger partial charge in [0.05, 0.1) is 29.0 Å². The van der Waals surface area contributed by atoms with E-state index in [2.05, 4.69) is 45.0 Å². The molecule has 1 saturated heterocycles. The highest BCUT2D eigenvalue weighted by molar-refractivity contribution is 5.70. The SMILES string of the molecule is C=C(c1cnc2ccc(-c3cnc(CC)c(N)c3)cn12)N1CCCCC1. The van der Waals surface area contributed by atoms with Crippen LogP contribution < -0.4 is 5.73 Å². The fourth-order valence-corrected chi connectivity index (χ4v) is 3.65. The van der Waals surface area contributed by atoms with Crippen LogP contribution in [-0.4, -0.2) is 32.4 Å². The average molecular weight is 347 g/mol. The van der Waals surface area contributed by atoms with Gasteiger partial charge in [0.15, 0.2) is 0 Å². The van der Waals surface area contributed by atoms with E-state index in [1.54, 1.807) is 0 Å². The van der Waals surface area contributed by atoms with E-state index >= 15 is 0 Å². The number of nitrogen functional groups attached to an aromatic ring is 1. The molecule has 0 radical (unpaired) electrons. The number of aromatic nitrogens is 3. The molecule has 4 rings (SSSR count). The minimum Gasteiger partial charge on any atom is -0.397 e. The number of anilines is 1. The maximum absolute atomic E-state index is 6.14. The molecule has 3 aromatic rings. The molecular formula is C21H25N5. The molecule has 4 heterocycles. The Labute approximate surface area is 154 Å². The molecule has 0 aromatic carbocycles. The van der Waals surface area contributed by atoms with E-state index < -0.39 is 0 Å². The van der Waals surface area contributed by atoms with Crippen LogP contribution in [0.15, 0.2) is 43.4 Å². The number of pyridine rings is 2. The van der Waals surface area contributed by atoms with Gasteiger partial charge in [0.2, 0.25) is 0 Å². The molecule has 5 heteroatoms. The van der Waals surface area contributed by atoms with E-state index in [1.165, 1.54) is 19.3 Å². The van der Waals surface area contributed by atoms with E-state index in [4.69, 9.17) is 5.73 Å². The zero-order valence-corrected chi connectivity index (χ0v) is 15.3. The van der Waals surface area contributed by atoms with Crippen molar-refractivity contribution in [1.82, 2.24) is 19.3 Å². The van der Waals surface area contributed by atoms with Crippen molar-refractivity contribution in [1.29, 1.82) is 0 Å². The van der Waals surface area contributed by atoms with Crippen LogP contribution in [0.1, 0.15) is 37.6 Å². The highest BCUT2D eigenvalue weighted by atomic mass is 15.2. The van der Waals surface area contributed by atoms with Gasteiger partial charge < -0.3 is 10.6 Å². The standard InChI is InChI=1S/C21H25N5/c1-3-19-18(22)11-17(12-23-19)16-7-8-21-24-13-20(26(21)14-16)15(2)25-9-5-4-6-10-25/h7-8,11-14H,2-6,9-10,22H2,1H3. The minimum absolute atomic E-state index is 0.744. The Morgan fingerprint density at radius 1 is 1.12 bits per heavy atom. The molecule has 134 valence electrons. The van der Waals surface area contributed by atoms with Crippen LogP contribution in [0.5, 0.6) is 0 Å². The molecule has 0 atom stereocenters. The Hall–Kier alpha value is -2.82. The Balaban J connectivity index is 1.72. The summed E-state index contributed by atoms with van der Waals surface area (Å²) in [7, 11) is 0. The Kier molecular flexibility index (Phi) is 4.37. The molecule has 26 heavy (non-hydrogen) atoms. The second-order valence-electron chi connectivity index (χ2n) is 6.90. The number of likely N-dealkylation sites (tertiary alicyclic amines) is 1. The summed E-state index contributed by atoms with van der Waals surface area (Å²) in [5, 5.41) is 0. The summed E-state index contributed by atoms with van der Waals surface area (Å²) in [6.45, 7) is 8.55. The minimum atomic E-state index is 0.744. The lowest BCUT2D eigenvalue weighted by Gasteiger charge is -2.30. The van der Waals surface area contributed by atoms with Crippen molar-refractivity contribution in [3.63, 3.8) is 0 Å². The topological polar surface area (TPSA) is 59.4 Å². The lowest BCUT2D eigenvalue weighted by atomic mass is 10.1. The van der Waals surface area contributed by atoms with Gasteiger partial charge in [-0.05, 0) is 43.9 Å². The summed E-state index contributed by atoms with van der Waals surface area (Å²) >= 11 is 0. The molecule has 1 aliphatic rings. The Morgan fingerprint density at radius 2 is 1.92 bits per heavy atom. The highest BCUT2D eigenvalue weighted by Gasteiger charge is 2.16. The van der Waals surface area contributed by atoms with Crippen molar-refractivity contribution in [2.24, 2.45) is 0 Å². The van der Waals surface area contributed by atoms with Gasteiger partial charge in [0.25, 0.3) is 0 Å². The summed E-state index contributed by atoms with van der Waals surface area (Å²) in [5.41, 5.74) is 12.9. The molecule has 1 fully saturated rings. The first-order valence-corrected chi connectivity index (χ1v) is 9.33. The van der Waals surface area contributed by atoms with E-state index in [0.717, 1.165) is 59.1 Å². The van der Waals surface area contributed by atoms with Crippen LogP contribution in [0.4, 0.5) is 5.69 Å². The molecule has 3 aromatic heterocycles. The number of rotatable bonds is 4. The third kappa shape index (κ3) is 2.94. The zero-order chi connectivity index (χ0) is 18.1. The van der Waals surface area contributed by atoms with Gasteiger partial charge in [-0.1, -0.05) is 13.5 Å². The number of imidazole rings is 1. The van der Waals surface area contributed by atoms with Crippen LogP contribution in [0.3, 0.4) is 0 Å². The van der Waals surface area contributed by atoms with E-state index in [-0.39, 0.29) is 0 Å². The normalized spacial score (nSPS) is 14.7. The van der Waals surface area contributed by atoms with Gasteiger partial charge in [0, 0.05) is 36.6 Å². The smallest absolute Gasteiger partial charge is 0.137 e. The number of fused-ring (bicyclic) bond motifs is 1. The molecule has 0 saturated carbocycles. The van der Waals surface area contributed by atoms with Crippen LogP contribution in [-0.2, 0) is 6.42 Å². The monoisotopic (exact) mass is 347 g/mol. The molecular weight excluding hydrogens is 322 g/mol. The van der Waals surface area contributed by atoms with Crippen molar-refractivity contribution in [3.05, 3.63) is 54.8 Å². The maximum Gasteiger partial charge on any atom is 0.137 e. The first kappa shape index (κ1) is 16.6. The number of aryl methyl sites for hydroxylation is 1. The van der Waals surface area contributed by atoms with Gasteiger partial charge in [-0.15, -0.1) is 0 Å². The predicted octanol–water partition coefficient (Wildman–Crippen LogP) is 4.00. The van der Waals surface area contributed by atoms with Crippen molar-refractivity contribution < 1.29 is 0 Å². The number of hydrogen-bond donors (Lipinski definition) is 1. The largest absolute Gasteiger partial charge is 0.397 e. The number of hydrogen-bond acceptors (Lipinski definition) is 4. The average Bonchev–Trinajstić information content (AvgIpc) is 3.11. The van der Waals surface area contributed by atoms with Gasteiger partial charge in [0.1, 0.15) is 5.65 Å². The van der Waals surface area contributed by atoms with Crippen LogP contribution in [0, 0.1) is 0 Å². The summed E-state index contributed by atoms with van der Waals surface area (Å²) in [6, 6.07) is 6.10. The van der Waals surface area contributed by atoms with Gasteiger partial charge in [-0.25, -0.2) is 4.98 Å². The third-order valence-corrected chi connectivity index (χ3v) is 5.21. The summed E-state index contributed by atoms with van der Waals surface area (Å²) in [4.78, 5) is 11.4. The molecule has 1 aliphatic heterocycles. The first-order chi connectivity index (χ1) is 12.7. The van der Waals surface area contributed by atoms with Crippen molar-refractivity contribution in [2.45, 2.75) is 32.6 Å². The number of piperidine rings is 1. The lowest BCUT2D eigenvalue weighted by Crippen LogP contribution is -2.28. The first-order valence-electron chi connectivity index (χ1n) is 9.33. The number of nitrogens with zero attached hydrogens (tertiary/aromatic N) is 4. The summed E-state index contributed by atoms with van der Waals surface area (Å²) in [5.74, 6) is 0. The molecule has 0 unspecified atom stereocenters. The Morgan fingerprint density at radius 3 is 2.65 bits per heavy atom. The molecule has 0 aliphatic carbocycles. The second kappa shape index (κ2) is 6.83. The fourth-order valence-electron chi connectivity index (χ4n) is 3.65. The van der Waals surface area contributed by atoms with E-state index in [1.807, 2.05) is 24.5 Å². The highest BCUT2D eigenvalue weighted by Crippen LogP contribution is 2.27. The third-order valence-electron chi connectivity index (χ3n) is 5.21. The molecule has 0 spiro atoms. The van der Waals surface area contributed by atoms with Crippen molar-refractivity contribution in [2.75, 3.05) is 18.8 Å². The lowest BCUT2D eigenvalue weighted by molar-refractivity contribution is 0.325. The maximum atomic E-state index is 6.14.